The summed E-state index contributed by atoms with van der Waals surface area (Å²) < 4.78 is 5.80. The summed E-state index contributed by atoms with van der Waals surface area (Å²) in [5, 5.41) is 9.67. The molecule has 0 aromatic heterocycles. The first kappa shape index (κ1) is 19.4. The monoisotopic (exact) mass is 413 g/mol. The summed E-state index contributed by atoms with van der Waals surface area (Å²) in [6.07, 6.45) is 1.05. The Morgan fingerprint density at radius 2 is 1.65 bits per heavy atom. The Hall–Kier alpha value is -3.60. The van der Waals surface area contributed by atoms with E-state index >= 15 is 0 Å². The van der Waals surface area contributed by atoms with Crippen LogP contribution >= 0.6 is 0 Å². The van der Waals surface area contributed by atoms with Gasteiger partial charge < -0.3 is 9.84 Å². The number of benzene rings is 3. The quantitative estimate of drug-likeness (QED) is 0.625. The van der Waals surface area contributed by atoms with Crippen molar-refractivity contribution in [3.8, 4) is 11.1 Å². The van der Waals surface area contributed by atoms with E-state index in [2.05, 4.69) is 24.3 Å². The molecule has 5 nitrogen and oxygen atoms in total. The minimum Gasteiger partial charge on any atom is -0.478 e. The van der Waals surface area contributed by atoms with Gasteiger partial charge in [-0.1, -0.05) is 54.6 Å². The first-order chi connectivity index (χ1) is 15.1. The maximum absolute atomic E-state index is 13.1. The SMILES string of the molecule is Cc1ccc(C(=O)O)c2c1CCCN2C(=O)OCC1c2ccccc2-c2ccccc21. The van der Waals surface area contributed by atoms with E-state index in [0.717, 1.165) is 35.1 Å². The molecule has 1 aliphatic carbocycles. The van der Waals surface area contributed by atoms with E-state index in [1.165, 1.54) is 16.0 Å². The van der Waals surface area contributed by atoms with Crippen LogP contribution in [0.4, 0.5) is 10.5 Å². The number of carbonyl (C=O) groups excluding carboxylic acids is 1. The molecule has 0 saturated heterocycles. The molecule has 156 valence electrons. The van der Waals surface area contributed by atoms with Crippen molar-refractivity contribution in [2.24, 2.45) is 0 Å². The van der Waals surface area contributed by atoms with Crippen molar-refractivity contribution in [3.05, 3.63) is 88.5 Å². The summed E-state index contributed by atoms with van der Waals surface area (Å²) in [6.45, 7) is 2.62. The van der Waals surface area contributed by atoms with Crippen LogP contribution in [0, 0.1) is 6.92 Å². The molecule has 1 N–H and O–H groups in total. The maximum Gasteiger partial charge on any atom is 0.414 e. The Morgan fingerprint density at radius 1 is 1.00 bits per heavy atom. The van der Waals surface area contributed by atoms with Gasteiger partial charge in [-0.25, -0.2) is 9.59 Å². The van der Waals surface area contributed by atoms with Gasteiger partial charge in [0.2, 0.25) is 0 Å². The number of fused-ring (bicyclic) bond motifs is 4. The first-order valence-electron chi connectivity index (χ1n) is 10.5. The van der Waals surface area contributed by atoms with E-state index in [9.17, 15) is 14.7 Å². The summed E-state index contributed by atoms with van der Waals surface area (Å²) in [6, 6.07) is 19.8. The molecule has 5 rings (SSSR count). The maximum atomic E-state index is 13.1. The number of rotatable bonds is 3. The molecule has 0 fully saturated rings. The largest absolute Gasteiger partial charge is 0.478 e. The highest BCUT2D eigenvalue weighted by Crippen LogP contribution is 2.44. The number of aryl methyl sites for hydroxylation is 1. The number of aromatic carboxylic acids is 1. The van der Waals surface area contributed by atoms with E-state index in [4.69, 9.17) is 4.74 Å². The standard InChI is InChI=1S/C26H23NO4/c1-16-12-13-22(25(28)29)24-17(16)11-6-14-27(24)26(30)31-15-23-20-9-4-2-7-18(20)19-8-3-5-10-21(19)23/h2-5,7-10,12-13,23H,6,11,14-15H2,1H3,(H,28,29). The second-order valence-electron chi connectivity index (χ2n) is 8.12. The zero-order valence-electron chi connectivity index (χ0n) is 17.3. The van der Waals surface area contributed by atoms with Crippen molar-refractivity contribution in [2.45, 2.75) is 25.7 Å². The van der Waals surface area contributed by atoms with Crippen LogP contribution in [0.2, 0.25) is 0 Å². The fourth-order valence-corrected chi connectivity index (χ4v) is 4.91. The lowest BCUT2D eigenvalue weighted by Gasteiger charge is -2.31. The third kappa shape index (κ3) is 3.17. The fourth-order valence-electron chi connectivity index (χ4n) is 4.91. The number of amides is 1. The molecule has 5 heteroatoms. The van der Waals surface area contributed by atoms with E-state index < -0.39 is 12.1 Å². The Morgan fingerprint density at radius 3 is 2.29 bits per heavy atom. The van der Waals surface area contributed by atoms with Gasteiger partial charge in [0.05, 0.1) is 11.3 Å². The lowest BCUT2D eigenvalue weighted by Crippen LogP contribution is -2.38. The summed E-state index contributed by atoms with van der Waals surface area (Å²) in [7, 11) is 0. The molecule has 0 saturated carbocycles. The minimum atomic E-state index is -1.03. The van der Waals surface area contributed by atoms with E-state index in [1.54, 1.807) is 6.07 Å². The molecule has 3 aromatic carbocycles. The van der Waals surface area contributed by atoms with Crippen LogP contribution < -0.4 is 4.90 Å². The van der Waals surface area contributed by atoms with Crippen molar-refractivity contribution in [2.75, 3.05) is 18.1 Å². The third-order valence-electron chi connectivity index (χ3n) is 6.38. The lowest BCUT2D eigenvalue weighted by molar-refractivity contribution is 0.0697. The van der Waals surface area contributed by atoms with Crippen molar-refractivity contribution in [1.29, 1.82) is 0 Å². The molecule has 0 atom stereocenters. The van der Waals surface area contributed by atoms with Crippen molar-refractivity contribution >= 4 is 17.7 Å². The summed E-state index contributed by atoms with van der Waals surface area (Å²) >= 11 is 0. The predicted molar refractivity (Wildman–Crippen MR) is 119 cm³/mol. The average Bonchev–Trinajstić information content (AvgIpc) is 3.11. The van der Waals surface area contributed by atoms with Crippen molar-refractivity contribution in [1.82, 2.24) is 0 Å². The number of carboxylic acids is 1. The Balaban J connectivity index is 1.43. The number of ether oxygens (including phenoxy) is 1. The molecule has 0 unspecified atom stereocenters. The van der Waals surface area contributed by atoms with E-state index in [0.29, 0.717) is 12.2 Å². The van der Waals surface area contributed by atoms with Gasteiger partial charge >= 0.3 is 12.1 Å². The van der Waals surface area contributed by atoms with Crippen molar-refractivity contribution in [3.63, 3.8) is 0 Å². The van der Waals surface area contributed by atoms with Crippen LogP contribution in [-0.4, -0.2) is 30.3 Å². The molecule has 1 heterocycles. The number of nitrogens with zero attached hydrogens (tertiary/aromatic N) is 1. The van der Waals surface area contributed by atoms with Gasteiger partial charge in [-0.05, 0) is 59.2 Å². The highest BCUT2D eigenvalue weighted by Gasteiger charge is 2.32. The molecule has 0 bridgehead atoms. The molecule has 1 amide bonds. The Labute approximate surface area is 180 Å². The smallest absolute Gasteiger partial charge is 0.414 e. The molecule has 0 spiro atoms. The normalized spacial score (nSPS) is 14.5. The number of carbonyl (C=O) groups is 2. The average molecular weight is 413 g/mol. The van der Waals surface area contributed by atoms with E-state index in [1.807, 2.05) is 37.3 Å². The predicted octanol–water partition coefficient (Wildman–Crippen LogP) is 5.39. The summed E-state index contributed by atoms with van der Waals surface area (Å²) in [4.78, 5) is 26.5. The van der Waals surface area contributed by atoms with Gasteiger partial charge in [-0.2, -0.15) is 0 Å². The van der Waals surface area contributed by atoms with Gasteiger partial charge in [0.25, 0.3) is 0 Å². The molecule has 0 radical (unpaired) electrons. The number of carboxylic acid groups (broad SMARTS) is 1. The minimum absolute atomic E-state index is 0.0305. The van der Waals surface area contributed by atoms with Crippen LogP contribution in [0.15, 0.2) is 60.7 Å². The van der Waals surface area contributed by atoms with Crippen LogP contribution in [0.5, 0.6) is 0 Å². The van der Waals surface area contributed by atoms with Crippen LogP contribution in [0.3, 0.4) is 0 Å². The first-order valence-corrected chi connectivity index (χ1v) is 10.5. The summed E-state index contributed by atoms with van der Waals surface area (Å²) in [5.41, 5.74) is 7.19. The highest BCUT2D eigenvalue weighted by molar-refractivity contribution is 6.01. The summed E-state index contributed by atoms with van der Waals surface area (Å²) in [5.74, 6) is -1.06. The van der Waals surface area contributed by atoms with Gasteiger partial charge in [0.15, 0.2) is 0 Å². The molecule has 1 aliphatic heterocycles. The molecule has 2 aliphatic rings. The number of hydrogen-bond donors (Lipinski definition) is 1. The topological polar surface area (TPSA) is 66.8 Å². The third-order valence-corrected chi connectivity index (χ3v) is 6.38. The zero-order valence-corrected chi connectivity index (χ0v) is 17.3. The van der Waals surface area contributed by atoms with Crippen LogP contribution in [0.1, 0.15) is 45.0 Å². The number of anilines is 1. The van der Waals surface area contributed by atoms with Gasteiger partial charge in [0, 0.05) is 12.5 Å². The number of hydrogen-bond acceptors (Lipinski definition) is 3. The molecule has 31 heavy (non-hydrogen) atoms. The second kappa shape index (κ2) is 7.58. The Bertz CT molecular complexity index is 1150. The molecular weight excluding hydrogens is 390 g/mol. The molecular formula is C26H23NO4. The zero-order chi connectivity index (χ0) is 21.5. The van der Waals surface area contributed by atoms with Gasteiger partial charge in [0.1, 0.15) is 6.61 Å². The van der Waals surface area contributed by atoms with Gasteiger partial charge in [-0.3, -0.25) is 4.90 Å². The Kier molecular flexibility index (Phi) is 4.74. The van der Waals surface area contributed by atoms with Crippen molar-refractivity contribution < 1.29 is 19.4 Å². The van der Waals surface area contributed by atoms with Crippen LogP contribution in [-0.2, 0) is 11.2 Å². The lowest BCUT2D eigenvalue weighted by atomic mass is 9.93. The fraction of sp³-hybridized carbons (Fsp3) is 0.231. The highest BCUT2D eigenvalue weighted by atomic mass is 16.6. The second-order valence-corrected chi connectivity index (χ2v) is 8.12. The van der Waals surface area contributed by atoms with Gasteiger partial charge in [-0.15, -0.1) is 0 Å². The van der Waals surface area contributed by atoms with Crippen LogP contribution in [0.25, 0.3) is 11.1 Å². The van der Waals surface area contributed by atoms with E-state index in [-0.39, 0.29) is 18.1 Å². The molecule has 3 aromatic rings.